The van der Waals surface area contributed by atoms with Crippen LogP contribution in [0.3, 0.4) is 0 Å². The van der Waals surface area contributed by atoms with E-state index in [1.54, 1.807) is 6.92 Å². The van der Waals surface area contributed by atoms with Gasteiger partial charge in [0, 0.05) is 13.1 Å². The summed E-state index contributed by atoms with van der Waals surface area (Å²) in [6, 6.07) is 0. The van der Waals surface area contributed by atoms with E-state index in [0.717, 1.165) is 19.6 Å². The maximum absolute atomic E-state index is 11.6. The van der Waals surface area contributed by atoms with Gasteiger partial charge in [0.1, 0.15) is 5.78 Å². The molecule has 0 saturated carbocycles. The number of nitrogens with zero attached hydrogens (tertiary/aromatic N) is 2. The first-order chi connectivity index (χ1) is 19.0. The molecule has 236 valence electrons. The number of Topliss-reactive ketones (excluding diaryl/α,β-unsaturated/α-hetero) is 1. The Morgan fingerprint density at radius 2 is 0.718 bits per heavy atom. The lowest BCUT2D eigenvalue weighted by Gasteiger charge is -2.24. The van der Waals surface area contributed by atoms with Crippen LogP contribution in [0.2, 0.25) is 0 Å². The van der Waals surface area contributed by atoms with E-state index >= 15 is 0 Å². The Labute approximate surface area is 248 Å². The zero-order valence-electron chi connectivity index (χ0n) is 28.3. The zero-order valence-corrected chi connectivity index (χ0v) is 28.3. The van der Waals surface area contributed by atoms with Gasteiger partial charge in [-0.25, -0.2) is 0 Å². The second-order valence-electron chi connectivity index (χ2n) is 12.4. The smallest absolute Gasteiger partial charge is 0.143 e. The van der Waals surface area contributed by atoms with Crippen LogP contribution in [0.4, 0.5) is 0 Å². The van der Waals surface area contributed by atoms with E-state index < -0.39 is 0 Å². The Hall–Kier alpha value is -0.410. The topological polar surface area (TPSA) is 23.6 Å². The summed E-state index contributed by atoms with van der Waals surface area (Å²) >= 11 is 0. The van der Waals surface area contributed by atoms with E-state index in [0.29, 0.717) is 12.3 Å². The molecule has 0 saturated heterocycles. The van der Waals surface area contributed by atoms with E-state index in [4.69, 9.17) is 0 Å². The summed E-state index contributed by atoms with van der Waals surface area (Å²) in [4.78, 5) is 16.5. The minimum absolute atomic E-state index is 0.303. The van der Waals surface area contributed by atoms with Crippen molar-refractivity contribution in [3.8, 4) is 0 Å². The molecule has 0 atom stereocenters. The molecule has 0 aliphatic heterocycles. The molecule has 0 unspecified atom stereocenters. The van der Waals surface area contributed by atoms with Crippen molar-refractivity contribution in [2.45, 2.75) is 189 Å². The molecule has 0 amide bonds. The van der Waals surface area contributed by atoms with E-state index in [9.17, 15) is 4.79 Å². The fourth-order valence-electron chi connectivity index (χ4n) is 5.20. The molecule has 0 aliphatic rings. The Morgan fingerprint density at radius 3 is 1.05 bits per heavy atom. The van der Waals surface area contributed by atoms with Crippen molar-refractivity contribution >= 4 is 5.78 Å². The predicted molar refractivity (Wildman–Crippen MR) is 178 cm³/mol. The summed E-state index contributed by atoms with van der Waals surface area (Å²) in [5.74, 6) is 0.303. The first-order valence-electron chi connectivity index (χ1n) is 17.9. The normalized spacial score (nSPS) is 11.3. The minimum atomic E-state index is 0.303. The maximum atomic E-state index is 11.6. The Kier molecular flexibility index (Phi) is 37.2. The van der Waals surface area contributed by atoms with Crippen LogP contribution >= 0.6 is 0 Å². The number of rotatable bonds is 30. The van der Waals surface area contributed by atoms with Crippen molar-refractivity contribution in [3.63, 3.8) is 0 Å². The van der Waals surface area contributed by atoms with Gasteiger partial charge in [0.25, 0.3) is 0 Å². The van der Waals surface area contributed by atoms with Gasteiger partial charge in [0.15, 0.2) is 0 Å². The van der Waals surface area contributed by atoms with Gasteiger partial charge in [-0.1, -0.05) is 169 Å². The van der Waals surface area contributed by atoms with Crippen molar-refractivity contribution in [2.75, 3.05) is 39.8 Å². The average Bonchev–Trinajstić information content (AvgIpc) is 2.92. The molecule has 0 rings (SSSR count). The van der Waals surface area contributed by atoms with Gasteiger partial charge < -0.3 is 4.90 Å². The number of hydrogen-bond acceptors (Lipinski definition) is 3. The van der Waals surface area contributed by atoms with Crippen LogP contribution in [-0.4, -0.2) is 55.4 Å². The van der Waals surface area contributed by atoms with Crippen molar-refractivity contribution < 1.29 is 4.79 Å². The van der Waals surface area contributed by atoms with Crippen LogP contribution in [0.1, 0.15) is 189 Å². The lowest BCUT2D eigenvalue weighted by atomic mass is 10.1. The van der Waals surface area contributed by atoms with Crippen LogP contribution in [0.15, 0.2) is 0 Å². The molecule has 0 heterocycles. The SMILES string of the molecule is CCCCCCCCC.CCCCCCCCCCCCN(CCN(C)CCCCCCCCC)CC(C)=O. The van der Waals surface area contributed by atoms with E-state index in [2.05, 4.69) is 44.5 Å². The van der Waals surface area contributed by atoms with Gasteiger partial charge in [-0.2, -0.15) is 0 Å². The summed E-state index contributed by atoms with van der Waals surface area (Å²) in [6.45, 7) is 15.8. The van der Waals surface area contributed by atoms with Crippen molar-refractivity contribution in [2.24, 2.45) is 0 Å². The summed E-state index contributed by atoms with van der Waals surface area (Å²) in [7, 11) is 2.24. The third kappa shape index (κ3) is 37.6. The van der Waals surface area contributed by atoms with Gasteiger partial charge in [-0.05, 0) is 39.9 Å². The van der Waals surface area contributed by atoms with Gasteiger partial charge in [0.2, 0.25) is 0 Å². The number of hydrogen-bond donors (Lipinski definition) is 0. The molecule has 0 N–H and O–H groups in total. The fourth-order valence-corrected chi connectivity index (χ4v) is 5.20. The van der Waals surface area contributed by atoms with Crippen molar-refractivity contribution in [3.05, 3.63) is 0 Å². The quantitative estimate of drug-likeness (QED) is 0.0828. The molecule has 0 aromatic heterocycles. The molecular weight excluding hydrogens is 476 g/mol. The van der Waals surface area contributed by atoms with Gasteiger partial charge in [0.05, 0.1) is 6.54 Å². The Bertz CT molecular complexity index is 447. The number of ketones is 1. The summed E-state index contributed by atoms with van der Waals surface area (Å²) in [5.41, 5.74) is 0. The van der Waals surface area contributed by atoms with Crippen molar-refractivity contribution in [1.29, 1.82) is 0 Å². The molecule has 0 radical (unpaired) electrons. The number of likely N-dealkylation sites (N-methyl/N-ethyl adjacent to an activating group) is 1. The van der Waals surface area contributed by atoms with Crippen LogP contribution in [0.25, 0.3) is 0 Å². The largest absolute Gasteiger partial charge is 0.305 e. The molecule has 0 aromatic carbocycles. The molecular formula is C36H76N2O. The monoisotopic (exact) mass is 553 g/mol. The second kappa shape index (κ2) is 35.6. The molecule has 3 heteroatoms. The van der Waals surface area contributed by atoms with Gasteiger partial charge in [-0.15, -0.1) is 0 Å². The molecule has 3 nitrogen and oxygen atoms in total. The highest BCUT2D eigenvalue weighted by Gasteiger charge is 2.09. The van der Waals surface area contributed by atoms with Gasteiger partial charge in [-0.3, -0.25) is 9.69 Å². The molecule has 0 aliphatic carbocycles. The summed E-state index contributed by atoms with van der Waals surface area (Å²) in [5, 5.41) is 0. The lowest BCUT2D eigenvalue weighted by Crippen LogP contribution is -2.37. The highest BCUT2D eigenvalue weighted by molar-refractivity contribution is 5.77. The summed E-state index contributed by atoms with van der Waals surface area (Å²) in [6.07, 6.45) is 33.3. The molecule has 0 aromatic rings. The Balaban J connectivity index is 0. The van der Waals surface area contributed by atoms with Gasteiger partial charge >= 0.3 is 0 Å². The van der Waals surface area contributed by atoms with Crippen LogP contribution in [-0.2, 0) is 4.79 Å². The maximum Gasteiger partial charge on any atom is 0.143 e. The van der Waals surface area contributed by atoms with Crippen LogP contribution in [0, 0.1) is 0 Å². The first-order valence-corrected chi connectivity index (χ1v) is 17.9. The first kappa shape index (κ1) is 40.7. The zero-order chi connectivity index (χ0) is 29.2. The van der Waals surface area contributed by atoms with E-state index in [-0.39, 0.29) is 0 Å². The number of unbranched alkanes of at least 4 members (excludes halogenated alkanes) is 21. The predicted octanol–water partition coefficient (Wildman–Crippen LogP) is 11.2. The number of carbonyl (C=O) groups excluding carboxylic acids is 1. The second-order valence-corrected chi connectivity index (χ2v) is 12.4. The fraction of sp³-hybridized carbons (Fsp3) is 0.972. The third-order valence-corrected chi connectivity index (χ3v) is 7.92. The van der Waals surface area contributed by atoms with Crippen LogP contribution in [0.5, 0.6) is 0 Å². The average molecular weight is 553 g/mol. The van der Waals surface area contributed by atoms with E-state index in [1.807, 2.05) is 0 Å². The molecule has 0 bridgehead atoms. The molecule has 0 fully saturated rings. The molecule has 0 spiro atoms. The van der Waals surface area contributed by atoms with E-state index in [1.165, 1.54) is 161 Å². The highest BCUT2D eigenvalue weighted by Crippen LogP contribution is 2.11. The summed E-state index contributed by atoms with van der Waals surface area (Å²) < 4.78 is 0. The molecule has 39 heavy (non-hydrogen) atoms. The third-order valence-electron chi connectivity index (χ3n) is 7.92. The lowest BCUT2D eigenvalue weighted by molar-refractivity contribution is -0.118. The van der Waals surface area contributed by atoms with Crippen molar-refractivity contribution in [1.82, 2.24) is 9.80 Å². The Morgan fingerprint density at radius 1 is 0.410 bits per heavy atom. The standard InChI is InChI=1S/C27H56N2O.C9H20/c1-5-7-9-11-13-14-15-17-19-21-23-29(26-27(3)30)25-24-28(4)22-20-18-16-12-10-8-6-2;1-3-5-7-9-8-6-4-2/h5-26H2,1-4H3;3-9H2,1-2H3. The highest BCUT2D eigenvalue weighted by atomic mass is 16.1. The van der Waals surface area contributed by atoms with Crippen LogP contribution < -0.4 is 0 Å². The number of carbonyl (C=O) groups is 1. The minimum Gasteiger partial charge on any atom is -0.305 e.